The van der Waals surface area contributed by atoms with Crippen LogP contribution in [0.15, 0.2) is 0 Å². The van der Waals surface area contributed by atoms with Gasteiger partial charge in [-0.3, -0.25) is 4.90 Å². The first-order valence-corrected chi connectivity index (χ1v) is 8.61. The van der Waals surface area contributed by atoms with Crippen LogP contribution in [0.25, 0.3) is 0 Å². The highest BCUT2D eigenvalue weighted by Crippen LogP contribution is 2.31. The van der Waals surface area contributed by atoms with Crippen molar-refractivity contribution in [1.82, 2.24) is 10.2 Å². The van der Waals surface area contributed by atoms with Gasteiger partial charge in [-0.05, 0) is 31.1 Å². The SMILES string of the molecule is CCCC1CN(C2CCCC(C)C2)C(C(C)C)CN1. The lowest BCUT2D eigenvalue weighted by atomic mass is 9.83. The maximum atomic E-state index is 3.79. The maximum absolute atomic E-state index is 3.79. The van der Waals surface area contributed by atoms with Gasteiger partial charge in [0.15, 0.2) is 0 Å². The van der Waals surface area contributed by atoms with Gasteiger partial charge in [0.1, 0.15) is 0 Å². The summed E-state index contributed by atoms with van der Waals surface area (Å²) in [5.41, 5.74) is 0. The number of hydrogen-bond donors (Lipinski definition) is 1. The molecule has 4 atom stereocenters. The summed E-state index contributed by atoms with van der Waals surface area (Å²) >= 11 is 0. The van der Waals surface area contributed by atoms with E-state index in [1.54, 1.807) is 0 Å². The van der Waals surface area contributed by atoms with E-state index in [4.69, 9.17) is 0 Å². The molecule has 1 N–H and O–H groups in total. The standard InChI is InChI=1S/C17H34N2/c1-5-7-15-12-19(17(11-18-15)13(2)3)16-9-6-8-14(4)10-16/h13-18H,5-12H2,1-4H3. The zero-order chi connectivity index (χ0) is 13.8. The second-order valence-electron chi connectivity index (χ2n) is 7.33. The van der Waals surface area contributed by atoms with Gasteiger partial charge in [0.2, 0.25) is 0 Å². The van der Waals surface area contributed by atoms with Gasteiger partial charge >= 0.3 is 0 Å². The van der Waals surface area contributed by atoms with Crippen molar-refractivity contribution in [2.45, 2.75) is 84.3 Å². The normalized spacial score (nSPS) is 37.7. The molecule has 1 saturated heterocycles. The van der Waals surface area contributed by atoms with Crippen molar-refractivity contribution < 1.29 is 0 Å². The molecule has 2 heteroatoms. The van der Waals surface area contributed by atoms with Gasteiger partial charge in [0.25, 0.3) is 0 Å². The van der Waals surface area contributed by atoms with Crippen LogP contribution in [0.3, 0.4) is 0 Å². The van der Waals surface area contributed by atoms with Crippen molar-refractivity contribution in [3.8, 4) is 0 Å². The Hall–Kier alpha value is -0.0800. The molecule has 2 rings (SSSR count). The van der Waals surface area contributed by atoms with Crippen LogP contribution in [0.5, 0.6) is 0 Å². The number of piperazine rings is 1. The quantitative estimate of drug-likeness (QED) is 0.835. The van der Waals surface area contributed by atoms with Crippen LogP contribution in [0, 0.1) is 11.8 Å². The molecule has 19 heavy (non-hydrogen) atoms. The van der Waals surface area contributed by atoms with Crippen LogP contribution in [-0.2, 0) is 0 Å². The molecule has 2 aliphatic rings. The van der Waals surface area contributed by atoms with Gasteiger partial charge in [0.05, 0.1) is 0 Å². The topological polar surface area (TPSA) is 15.3 Å². The maximum Gasteiger partial charge on any atom is 0.0247 e. The van der Waals surface area contributed by atoms with Gasteiger partial charge in [-0.2, -0.15) is 0 Å². The predicted octanol–water partition coefficient (Wildman–Crippen LogP) is 3.66. The van der Waals surface area contributed by atoms with Crippen molar-refractivity contribution in [3.63, 3.8) is 0 Å². The fraction of sp³-hybridized carbons (Fsp3) is 1.00. The second-order valence-corrected chi connectivity index (χ2v) is 7.33. The summed E-state index contributed by atoms with van der Waals surface area (Å²) in [6, 6.07) is 2.35. The Morgan fingerprint density at radius 3 is 2.68 bits per heavy atom. The zero-order valence-corrected chi connectivity index (χ0v) is 13.5. The summed E-state index contributed by atoms with van der Waals surface area (Å²) in [5, 5.41) is 3.79. The lowest BCUT2D eigenvalue weighted by Crippen LogP contribution is -2.61. The largest absolute Gasteiger partial charge is 0.311 e. The van der Waals surface area contributed by atoms with Crippen LogP contribution in [-0.4, -0.2) is 36.1 Å². The minimum atomic E-state index is 0.734. The Balaban J connectivity index is 2.02. The van der Waals surface area contributed by atoms with Gasteiger partial charge in [-0.15, -0.1) is 0 Å². The monoisotopic (exact) mass is 266 g/mol. The Morgan fingerprint density at radius 2 is 2.05 bits per heavy atom. The highest BCUT2D eigenvalue weighted by atomic mass is 15.3. The molecule has 2 fully saturated rings. The summed E-state index contributed by atoms with van der Waals surface area (Å²) in [6.07, 6.45) is 8.41. The van der Waals surface area contributed by atoms with E-state index in [1.165, 1.54) is 51.6 Å². The molecule has 1 saturated carbocycles. The van der Waals surface area contributed by atoms with Gasteiger partial charge in [-0.25, -0.2) is 0 Å². The molecule has 0 spiro atoms. The average molecular weight is 266 g/mol. The van der Waals surface area contributed by atoms with E-state index in [1.807, 2.05) is 0 Å². The molecule has 0 amide bonds. The van der Waals surface area contributed by atoms with Crippen LogP contribution >= 0.6 is 0 Å². The second kappa shape index (κ2) is 7.08. The predicted molar refractivity (Wildman–Crippen MR) is 83.5 cm³/mol. The molecule has 1 heterocycles. The van der Waals surface area contributed by atoms with Crippen molar-refractivity contribution in [3.05, 3.63) is 0 Å². The zero-order valence-electron chi connectivity index (χ0n) is 13.5. The van der Waals surface area contributed by atoms with Crippen LogP contribution in [0.1, 0.15) is 66.2 Å². The molecule has 4 unspecified atom stereocenters. The number of nitrogens with one attached hydrogen (secondary N) is 1. The van der Waals surface area contributed by atoms with E-state index in [9.17, 15) is 0 Å². The minimum Gasteiger partial charge on any atom is -0.311 e. The summed E-state index contributed by atoms with van der Waals surface area (Å²) in [6.45, 7) is 12.0. The first-order valence-electron chi connectivity index (χ1n) is 8.61. The number of hydrogen-bond acceptors (Lipinski definition) is 2. The van der Waals surface area contributed by atoms with E-state index >= 15 is 0 Å². The van der Waals surface area contributed by atoms with Crippen LogP contribution in [0.2, 0.25) is 0 Å². The summed E-state index contributed by atoms with van der Waals surface area (Å²) < 4.78 is 0. The molecule has 2 nitrogen and oxygen atoms in total. The van der Waals surface area contributed by atoms with Crippen molar-refractivity contribution in [1.29, 1.82) is 0 Å². The lowest BCUT2D eigenvalue weighted by molar-refractivity contribution is 0.0289. The van der Waals surface area contributed by atoms with Gasteiger partial charge in [0, 0.05) is 31.2 Å². The number of rotatable bonds is 4. The summed E-state index contributed by atoms with van der Waals surface area (Å²) in [7, 11) is 0. The third-order valence-corrected chi connectivity index (χ3v) is 5.26. The number of nitrogens with zero attached hydrogens (tertiary/aromatic N) is 1. The van der Waals surface area contributed by atoms with Gasteiger partial charge in [-0.1, -0.05) is 47.0 Å². The lowest BCUT2D eigenvalue weighted by Gasteiger charge is -2.48. The molecular formula is C17H34N2. The molecule has 0 aromatic rings. The fourth-order valence-electron chi connectivity index (χ4n) is 4.14. The Bertz CT molecular complexity index is 264. The first-order chi connectivity index (χ1) is 9.11. The Kier molecular flexibility index (Phi) is 5.70. The van der Waals surface area contributed by atoms with E-state index in [-0.39, 0.29) is 0 Å². The Labute approximate surface area is 120 Å². The third kappa shape index (κ3) is 3.95. The van der Waals surface area contributed by atoms with E-state index in [0.29, 0.717) is 0 Å². The van der Waals surface area contributed by atoms with E-state index < -0.39 is 0 Å². The molecule has 112 valence electrons. The van der Waals surface area contributed by atoms with Crippen molar-refractivity contribution in [2.75, 3.05) is 13.1 Å². The Morgan fingerprint density at radius 1 is 1.26 bits per heavy atom. The first kappa shape index (κ1) is 15.3. The smallest absolute Gasteiger partial charge is 0.0247 e. The van der Waals surface area contributed by atoms with E-state index in [2.05, 4.69) is 37.9 Å². The third-order valence-electron chi connectivity index (χ3n) is 5.26. The fourth-order valence-corrected chi connectivity index (χ4v) is 4.14. The van der Waals surface area contributed by atoms with Crippen LogP contribution < -0.4 is 5.32 Å². The average Bonchev–Trinajstić information content (AvgIpc) is 2.39. The summed E-state index contributed by atoms with van der Waals surface area (Å²) in [5.74, 6) is 1.71. The molecule has 1 aliphatic carbocycles. The van der Waals surface area contributed by atoms with Crippen molar-refractivity contribution >= 4 is 0 Å². The molecule has 1 aliphatic heterocycles. The minimum absolute atomic E-state index is 0.734. The van der Waals surface area contributed by atoms with Crippen LogP contribution in [0.4, 0.5) is 0 Å². The molecular weight excluding hydrogens is 232 g/mol. The summed E-state index contributed by atoms with van der Waals surface area (Å²) in [4.78, 5) is 2.89. The molecule has 0 bridgehead atoms. The van der Waals surface area contributed by atoms with E-state index in [0.717, 1.165) is 30.0 Å². The highest BCUT2D eigenvalue weighted by Gasteiger charge is 2.35. The van der Waals surface area contributed by atoms with Crippen molar-refractivity contribution in [2.24, 2.45) is 11.8 Å². The molecule has 0 aromatic carbocycles. The highest BCUT2D eigenvalue weighted by molar-refractivity contribution is 4.92. The molecule has 0 radical (unpaired) electrons. The molecule has 0 aromatic heterocycles. The van der Waals surface area contributed by atoms with Gasteiger partial charge < -0.3 is 5.32 Å².